The summed E-state index contributed by atoms with van der Waals surface area (Å²) in [4.78, 5) is 16.9. The quantitative estimate of drug-likeness (QED) is 0.728. The smallest absolute Gasteiger partial charge is 0.276 e. The lowest BCUT2D eigenvalue weighted by molar-refractivity contribution is 0.0679. The molecule has 138 valence electrons. The third-order valence-electron chi connectivity index (χ3n) is 5.48. The highest BCUT2D eigenvalue weighted by molar-refractivity contribution is 5.92. The fourth-order valence-electron chi connectivity index (χ4n) is 3.91. The van der Waals surface area contributed by atoms with E-state index in [2.05, 4.69) is 22.2 Å². The Balaban J connectivity index is 1.36. The summed E-state index contributed by atoms with van der Waals surface area (Å²) in [6.45, 7) is 1.46. The molecule has 0 unspecified atom stereocenters. The SMILES string of the molecule is CN(Cc1ccccc1)Cc1cc(C(=O)N(C)C(C2CC2)C2CC2)no1. The second kappa shape index (κ2) is 7.23. The maximum atomic E-state index is 12.8. The number of amides is 1. The van der Waals surface area contributed by atoms with Gasteiger partial charge in [0.1, 0.15) is 0 Å². The van der Waals surface area contributed by atoms with Crippen molar-refractivity contribution in [3.05, 3.63) is 53.4 Å². The van der Waals surface area contributed by atoms with Gasteiger partial charge in [-0.15, -0.1) is 0 Å². The number of rotatable bonds is 8. The summed E-state index contributed by atoms with van der Waals surface area (Å²) < 4.78 is 5.44. The van der Waals surface area contributed by atoms with Gasteiger partial charge in [-0.05, 0) is 50.1 Å². The summed E-state index contributed by atoms with van der Waals surface area (Å²) in [7, 11) is 3.97. The highest BCUT2D eigenvalue weighted by Gasteiger charge is 2.45. The van der Waals surface area contributed by atoms with Crippen LogP contribution >= 0.6 is 0 Å². The fraction of sp³-hybridized carbons (Fsp3) is 0.524. The standard InChI is InChI=1S/C21H27N3O2/c1-23(13-15-6-4-3-5-7-15)14-18-12-19(22-26-18)21(25)24(2)20(16-8-9-16)17-10-11-17/h3-7,12,16-17,20H,8-11,13-14H2,1-2H3. The Labute approximate surface area is 155 Å². The van der Waals surface area contributed by atoms with Crippen molar-refractivity contribution in [1.82, 2.24) is 15.0 Å². The van der Waals surface area contributed by atoms with E-state index in [1.807, 2.05) is 37.2 Å². The molecule has 5 nitrogen and oxygen atoms in total. The molecule has 1 aromatic carbocycles. The minimum atomic E-state index is -0.00508. The number of benzene rings is 1. The molecule has 1 heterocycles. The van der Waals surface area contributed by atoms with Crippen molar-refractivity contribution in [2.24, 2.45) is 11.8 Å². The zero-order valence-corrected chi connectivity index (χ0v) is 15.6. The van der Waals surface area contributed by atoms with E-state index in [-0.39, 0.29) is 5.91 Å². The normalized spacial score (nSPS) is 17.1. The van der Waals surface area contributed by atoms with Crippen molar-refractivity contribution in [1.29, 1.82) is 0 Å². The van der Waals surface area contributed by atoms with Crippen LogP contribution in [0.15, 0.2) is 40.9 Å². The Hall–Kier alpha value is -2.14. The molecular weight excluding hydrogens is 326 g/mol. The first kappa shape index (κ1) is 17.3. The van der Waals surface area contributed by atoms with E-state index in [0.717, 1.165) is 12.3 Å². The van der Waals surface area contributed by atoms with E-state index >= 15 is 0 Å². The lowest BCUT2D eigenvalue weighted by Gasteiger charge is -2.27. The number of aromatic nitrogens is 1. The van der Waals surface area contributed by atoms with Gasteiger partial charge in [-0.3, -0.25) is 9.69 Å². The lowest BCUT2D eigenvalue weighted by atomic mass is 10.1. The summed E-state index contributed by atoms with van der Waals surface area (Å²) in [5.41, 5.74) is 1.68. The Morgan fingerprint density at radius 2 is 1.77 bits per heavy atom. The number of hydrogen-bond donors (Lipinski definition) is 0. The Morgan fingerprint density at radius 3 is 2.38 bits per heavy atom. The van der Waals surface area contributed by atoms with Crippen LogP contribution in [0.3, 0.4) is 0 Å². The molecule has 0 aliphatic heterocycles. The minimum absolute atomic E-state index is 0.00508. The molecule has 4 rings (SSSR count). The molecular formula is C21H27N3O2. The average molecular weight is 353 g/mol. The van der Waals surface area contributed by atoms with E-state index in [0.29, 0.717) is 30.1 Å². The maximum Gasteiger partial charge on any atom is 0.276 e. The van der Waals surface area contributed by atoms with E-state index < -0.39 is 0 Å². The van der Waals surface area contributed by atoms with Crippen LogP contribution in [-0.4, -0.2) is 41.0 Å². The van der Waals surface area contributed by atoms with Crippen LogP contribution in [0.1, 0.15) is 47.5 Å². The number of nitrogens with zero attached hydrogens (tertiary/aromatic N) is 3. The molecule has 2 saturated carbocycles. The van der Waals surface area contributed by atoms with Crippen LogP contribution in [0.5, 0.6) is 0 Å². The molecule has 0 spiro atoms. The fourth-order valence-corrected chi connectivity index (χ4v) is 3.91. The first-order valence-electron chi connectivity index (χ1n) is 9.57. The summed E-state index contributed by atoms with van der Waals surface area (Å²) in [6.07, 6.45) is 5.03. The predicted octanol–water partition coefficient (Wildman–Crippen LogP) is 3.57. The van der Waals surface area contributed by atoms with E-state index in [1.54, 1.807) is 6.07 Å². The largest absolute Gasteiger partial charge is 0.359 e. The highest BCUT2D eigenvalue weighted by atomic mass is 16.5. The van der Waals surface area contributed by atoms with Crippen molar-refractivity contribution in [2.75, 3.05) is 14.1 Å². The van der Waals surface area contributed by atoms with Crippen LogP contribution in [0, 0.1) is 11.8 Å². The molecule has 0 bridgehead atoms. The van der Waals surface area contributed by atoms with Gasteiger partial charge in [-0.2, -0.15) is 0 Å². The number of carbonyl (C=O) groups is 1. The van der Waals surface area contributed by atoms with Crippen LogP contribution in [0.25, 0.3) is 0 Å². The summed E-state index contributed by atoms with van der Waals surface area (Å²) >= 11 is 0. The molecule has 2 aliphatic rings. The number of carbonyl (C=O) groups excluding carboxylic acids is 1. The summed E-state index contributed by atoms with van der Waals surface area (Å²) in [5, 5.41) is 4.05. The van der Waals surface area contributed by atoms with E-state index in [1.165, 1.54) is 31.2 Å². The molecule has 5 heteroatoms. The topological polar surface area (TPSA) is 49.6 Å². The molecule has 2 fully saturated rings. The molecule has 2 aromatic rings. The zero-order valence-electron chi connectivity index (χ0n) is 15.6. The van der Waals surface area contributed by atoms with Crippen LogP contribution in [0.4, 0.5) is 0 Å². The molecule has 0 N–H and O–H groups in total. The third-order valence-corrected chi connectivity index (χ3v) is 5.48. The van der Waals surface area contributed by atoms with Crippen molar-refractivity contribution < 1.29 is 9.32 Å². The van der Waals surface area contributed by atoms with Gasteiger partial charge in [0.15, 0.2) is 11.5 Å². The number of hydrogen-bond acceptors (Lipinski definition) is 4. The van der Waals surface area contributed by atoms with Gasteiger partial charge in [0.2, 0.25) is 0 Å². The second-order valence-corrected chi connectivity index (χ2v) is 7.92. The van der Waals surface area contributed by atoms with Gasteiger partial charge in [0, 0.05) is 25.7 Å². The summed E-state index contributed by atoms with van der Waals surface area (Å²) in [6, 6.07) is 12.5. The van der Waals surface area contributed by atoms with Crippen LogP contribution in [0.2, 0.25) is 0 Å². The first-order valence-corrected chi connectivity index (χ1v) is 9.57. The van der Waals surface area contributed by atoms with Gasteiger partial charge in [0.05, 0.1) is 6.54 Å². The van der Waals surface area contributed by atoms with Gasteiger partial charge < -0.3 is 9.42 Å². The molecule has 1 aromatic heterocycles. The Kier molecular flexibility index (Phi) is 4.81. The lowest BCUT2D eigenvalue weighted by Crippen LogP contribution is -2.40. The highest BCUT2D eigenvalue weighted by Crippen LogP contribution is 2.47. The van der Waals surface area contributed by atoms with Gasteiger partial charge in [0.25, 0.3) is 5.91 Å². The van der Waals surface area contributed by atoms with Crippen molar-refractivity contribution >= 4 is 5.91 Å². The predicted molar refractivity (Wildman–Crippen MR) is 99.4 cm³/mol. The maximum absolute atomic E-state index is 12.8. The zero-order chi connectivity index (χ0) is 18.1. The van der Waals surface area contributed by atoms with Crippen molar-refractivity contribution in [3.63, 3.8) is 0 Å². The molecule has 26 heavy (non-hydrogen) atoms. The molecule has 0 radical (unpaired) electrons. The second-order valence-electron chi connectivity index (χ2n) is 7.92. The average Bonchev–Trinajstić information content (AvgIpc) is 3.57. The van der Waals surface area contributed by atoms with Gasteiger partial charge in [-0.1, -0.05) is 35.5 Å². The third kappa shape index (κ3) is 3.98. The Morgan fingerprint density at radius 1 is 1.12 bits per heavy atom. The molecule has 2 aliphatic carbocycles. The van der Waals surface area contributed by atoms with Crippen molar-refractivity contribution in [3.8, 4) is 0 Å². The summed E-state index contributed by atoms with van der Waals surface area (Å²) in [5.74, 6) is 2.11. The Bertz CT molecular complexity index is 738. The van der Waals surface area contributed by atoms with Crippen LogP contribution in [-0.2, 0) is 13.1 Å². The molecule has 0 atom stereocenters. The monoisotopic (exact) mass is 353 g/mol. The van der Waals surface area contributed by atoms with Crippen molar-refractivity contribution in [2.45, 2.75) is 44.8 Å². The van der Waals surface area contributed by atoms with E-state index in [9.17, 15) is 4.79 Å². The minimum Gasteiger partial charge on any atom is -0.359 e. The van der Waals surface area contributed by atoms with Crippen LogP contribution < -0.4 is 0 Å². The first-order chi connectivity index (χ1) is 12.6. The molecule has 0 saturated heterocycles. The van der Waals surface area contributed by atoms with E-state index in [4.69, 9.17) is 4.52 Å². The van der Waals surface area contributed by atoms with Gasteiger partial charge in [-0.25, -0.2) is 0 Å². The van der Waals surface area contributed by atoms with Gasteiger partial charge >= 0.3 is 0 Å². The molecule has 1 amide bonds.